The zero-order chi connectivity index (χ0) is 10.1. The highest BCUT2D eigenvalue weighted by molar-refractivity contribution is 5.66. The van der Waals surface area contributed by atoms with Crippen LogP contribution in [0, 0.1) is 6.92 Å². The third-order valence-corrected chi connectivity index (χ3v) is 2.65. The number of anilines is 2. The monoisotopic (exact) mass is 193 g/mol. The molecule has 1 fully saturated rings. The van der Waals surface area contributed by atoms with Crippen molar-refractivity contribution in [1.82, 2.24) is 4.98 Å². The van der Waals surface area contributed by atoms with Crippen LogP contribution in [0.4, 0.5) is 11.5 Å². The summed E-state index contributed by atoms with van der Waals surface area (Å²) in [5, 5.41) is 9.41. The Morgan fingerprint density at radius 2 is 2.43 bits per heavy atom. The van der Waals surface area contributed by atoms with E-state index in [0.29, 0.717) is 6.54 Å². The summed E-state index contributed by atoms with van der Waals surface area (Å²) in [5.74, 6) is 0.807. The maximum atomic E-state index is 9.41. The van der Waals surface area contributed by atoms with Gasteiger partial charge in [-0.3, -0.25) is 0 Å². The number of aromatic nitrogens is 1. The Balaban J connectivity index is 2.28. The van der Waals surface area contributed by atoms with Gasteiger partial charge in [-0.2, -0.15) is 0 Å². The van der Waals surface area contributed by atoms with Crippen molar-refractivity contribution in [3.8, 4) is 0 Å². The largest absolute Gasteiger partial charge is 0.396 e. The van der Waals surface area contributed by atoms with Crippen molar-refractivity contribution in [2.24, 2.45) is 0 Å². The quantitative estimate of drug-likeness (QED) is 0.683. The first-order valence-corrected chi connectivity index (χ1v) is 4.82. The standard InChI is InChI=1S/C10H15N3O/c1-7-2-4-12-10(9(7)11)13-5-3-8(14)6-13/h2,4,8,14H,3,5-6,11H2,1H3. The normalized spacial score (nSPS) is 21.6. The number of hydrogen-bond donors (Lipinski definition) is 2. The molecule has 76 valence electrons. The number of nitrogens with two attached hydrogens (primary N) is 1. The van der Waals surface area contributed by atoms with Crippen molar-refractivity contribution in [3.05, 3.63) is 17.8 Å². The number of nitrogens with zero attached hydrogens (tertiary/aromatic N) is 2. The van der Waals surface area contributed by atoms with Crippen LogP contribution in [0.2, 0.25) is 0 Å². The molecular formula is C10H15N3O. The average Bonchev–Trinajstić information content (AvgIpc) is 2.57. The lowest BCUT2D eigenvalue weighted by Gasteiger charge is -2.19. The van der Waals surface area contributed by atoms with Crippen molar-refractivity contribution >= 4 is 11.5 Å². The van der Waals surface area contributed by atoms with Gasteiger partial charge < -0.3 is 15.7 Å². The summed E-state index contributed by atoms with van der Waals surface area (Å²) in [6.07, 6.45) is 2.32. The summed E-state index contributed by atoms with van der Waals surface area (Å²) in [5.41, 5.74) is 7.68. The van der Waals surface area contributed by atoms with Gasteiger partial charge in [0.1, 0.15) is 0 Å². The van der Waals surface area contributed by atoms with Gasteiger partial charge in [-0.25, -0.2) is 4.98 Å². The molecule has 1 aromatic heterocycles. The Hall–Kier alpha value is -1.29. The fourth-order valence-corrected chi connectivity index (χ4v) is 1.74. The van der Waals surface area contributed by atoms with Crippen LogP contribution in [0.1, 0.15) is 12.0 Å². The second-order valence-electron chi connectivity index (χ2n) is 3.75. The molecule has 0 spiro atoms. The van der Waals surface area contributed by atoms with E-state index in [2.05, 4.69) is 4.98 Å². The van der Waals surface area contributed by atoms with Crippen molar-refractivity contribution < 1.29 is 5.11 Å². The van der Waals surface area contributed by atoms with E-state index in [1.54, 1.807) is 6.20 Å². The van der Waals surface area contributed by atoms with Crippen LogP contribution < -0.4 is 10.6 Å². The van der Waals surface area contributed by atoms with Crippen LogP contribution in [0.3, 0.4) is 0 Å². The molecular weight excluding hydrogens is 178 g/mol. The molecule has 0 amide bonds. The molecule has 1 atom stereocenters. The Labute approximate surface area is 83.4 Å². The van der Waals surface area contributed by atoms with Gasteiger partial charge in [-0.05, 0) is 25.0 Å². The first-order valence-electron chi connectivity index (χ1n) is 4.82. The Bertz CT molecular complexity index is 340. The highest BCUT2D eigenvalue weighted by Gasteiger charge is 2.22. The number of aliphatic hydroxyl groups excluding tert-OH is 1. The van der Waals surface area contributed by atoms with Gasteiger partial charge >= 0.3 is 0 Å². The number of nitrogen functional groups attached to an aromatic ring is 1. The van der Waals surface area contributed by atoms with Crippen molar-refractivity contribution in [1.29, 1.82) is 0 Å². The Kier molecular flexibility index (Phi) is 2.29. The highest BCUT2D eigenvalue weighted by atomic mass is 16.3. The molecule has 0 bridgehead atoms. The lowest BCUT2D eigenvalue weighted by Crippen LogP contribution is -2.23. The molecule has 1 saturated heterocycles. The summed E-state index contributed by atoms with van der Waals surface area (Å²) in [6.45, 7) is 3.44. The summed E-state index contributed by atoms with van der Waals surface area (Å²) < 4.78 is 0. The fraction of sp³-hybridized carbons (Fsp3) is 0.500. The molecule has 1 aliphatic rings. The molecule has 0 aliphatic carbocycles. The number of β-amino-alcohol motifs (C(OH)–C–C–N with tert-alkyl or cyclic N) is 1. The summed E-state index contributed by atoms with van der Waals surface area (Å²) in [4.78, 5) is 6.28. The first kappa shape index (κ1) is 9.27. The van der Waals surface area contributed by atoms with E-state index in [1.165, 1.54) is 0 Å². The molecule has 1 aliphatic heterocycles. The lowest BCUT2D eigenvalue weighted by molar-refractivity contribution is 0.198. The summed E-state index contributed by atoms with van der Waals surface area (Å²) >= 11 is 0. The van der Waals surface area contributed by atoms with Gasteiger partial charge in [0.2, 0.25) is 0 Å². The molecule has 14 heavy (non-hydrogen) atoms. The topological polar surface area (TPSA) is 62.4 Å². The number of rotatable bonds is 1. The zero-order valence-corrected chi connectivity index (χ0v) is 8.27. The van der Waals surface area contributed by atoms with E-state index >= 15 is 0 Å². The van der Waals surface area contributed by atoms with E-state index in [0.717, 1.165) is 30.0 Å². The van der Waals surface area contributed by atoms with E-state index < -0.39 is 0 Å². The van der Waals surface area contributed by atoms with Gasteiger partial charge in [0.15, 0.2) is 5.82 Å². The molecule has 0 radical (unpaired) electrons. The molecule has 2 heterocycles. The van der Waals surface area contributed by atoms with Crippen LogP contribution in [0.5, 0.6) is 0 Å². The predicted molar refractivity (Wildman–Crippen MR) is 56.2 cm³/mol. The SMILES string of the molecule is Cc1ccnc(N2CCC(O)C2)c1N. The molecule has 4 heteroatoms. The molecule has 1 aromatic rings. The maximum absolute atomic E-state index is 9.41. The number of aliphatic hydroxyl groups is 1. The van der Waals surface area contributed by atoms with Gasteiger partial charge in [0.05, 0.1) is 11.8 Å². The molecule has 2 rings (SSSR count). The van der Waals surface area contributed by atoms with Crippen molar-refractivity contribution in [3.63, 3.8) is 0 Å². The fourth-order valence-electron chi connectivity index (χ4n) is 1.74. The minimum atomic E-state index is -0.239. The second kappa shape index (κ2) is 3.46. The highest BCUT2D eigenvalue weighted by Crippen LogP contribution is 2.26. The van der Waals surface area contributed by atoms with E-state index in [9.17, 15) is 5.11 Å². The zero-order valence-electron chi connectivity index (χ0n) is 8.27. The van der Waals surface area contributed by atoms with Crippen molar-refractivity contribution in [2.45, 2.75) is 19.4 Å². The number of hydrogen-bond acceptors (Lipinski definition) is 4. The number of aryl methyl sites for hydroxylation is 1. The summed E-state index contributed by atoms with van der Waals surface area (Å²) in [6, 6.07) is 1.89. The molecule has 1 unspecified atom stereocenters. The number of pyridine rings is 1. The third-order valence-electron chi connectivity index (χ3n) is 2.65. The van der Waals surface area contributed by atoms with Crippen LogP contribution >= 0.6 is 0 Å². The third kappa shape index (κ3) is 1.53. The van der Waals surface area contributed by atoms with Gasteiger partial charge in [-0.1, -0.05) is 0 Å². The summed E-state index contributed by atoms with van der Waals surface area (Å²) in [7, 11) is 0. The smallest absolute Gasteiger partial charge is 0.152 e. The van der Waals surface area contributed by atoms with E-state index in [1.807, 2.05) is 17.9 Å². The van der Waals surface area contributed by atoms with E-state index in [4.69, 9.17) is 5.73 Å². The predicted octanol–water partition coefficient (Wildman–Crippen LogP) is 0.543. The Morgan fingerprint density at radius 1 is 1.64 bits per heavy atom. The van der Waals surface area contributed by atoms with Crippen LogP contribution in [-0.4, -0.2) is 29.3 Å². The maximum Gasteiger partial charge on any atom is 0.152 e. The van der Waals surface area contributed by atoms with Gasteiger partial charge in [-0.15, -0.1) is 0 Å². The average molecular weight is 193 g/mol. The van der Waals surface area contributed by atoms with Gasteiger partial charge in [0, 0.05) is 19.3 Å². The molecule has 4 nitrogen and oxygen atoms in total. The van der Waals surface area contributed by atoms with Crippen molar-refractivity contribution in [2.75, 3.05) is 23.7 Å². The molecule has 3 N–H and O–H groups in total. The molecule has 0 aromatic carbocycles. The van der Waals surface area contributed by atoms with Crippen LogP contribution in [0.15, 0.2) is 12.3 Å². The second-order valence-corrected chi connectivity index (χ2v) is 3.75. The lowest BCUT2D eigenvalue weighted by atomic mass is 10.2. The van der Waals surface area contributed by atoms with Gasteiger partial charge in [0.25, 0.3) is 0 Å². The molecule has 0 saturated carbocycles. The van der Waals surface area contributed by atoms with Crippen LogP contribution in [-0.2, 0) is 0 Å². The van der Waals surface area contributed by atoms with Crippen LogP contribution in [0.25, 0.3) is 0 Å². The Morgan fingerprint density at radius 3 is 3.07 bits per heavy atom. The first-order chi connectivity index (χ1) is 6.68. The minimum Gasteiger partial charge on any atom is -0.396 e. The minimum absolute atomic E-state index is 0.239. The van der Waals surface area contributed by atoms with E-state index in [-0.39, 0.29) is 6.10 Å².